The van der Waals surface area contributed by atoms with Gasteiger partial charge < -0.3 is 15.5 Å². The standard InChI is InChI=1S/C32H30BrF3N8O/c1-20-5-8-24(15-26(20)40-29-30-38-17-28(33)44(30)19-27(41-29)22-4-3-9-37-16-22)39-31(45)21-6-7-23(25(14-21)32(34,35)36)18-43-12-10-42(2)11-13-43/h3-9,14-17,19H,10-13,18H2,1-2H3,(H,39,45)(H,40,41). The summed E-state index contributed by atoms with van der Waals surface area (Å²) in [6, 6.07) is 12.7. The topological polar surface area (TPSA) is 90.7 Å². The molecule has 1 aliphatic heterocycles. The lowest BCUT2D eigenvalue weighted by molar-refractivity contribution is -0.138. The van der Waals surface area contributed by atoms with E-state index in [1.54, 1.807) is 30.7 Å². The number of pyridine rings is 1. The Morgan fingerprint density at radius 3 is 2.58 bits per heavy atom. The third-order valence-electron chi connectivity index (χ3n) is 7.82. The summed E-state index contributed by atoms with van der Waals surface area (Å²) < 4.78 is 44.9. The van der Waals surface area contributed by atoms with Crippen LogP contribution < -0.4 is 10.6 Å². The maximum Gasteiger partial charge on any atom is 0.416 e. The molecule has 2 aromatic carbocycles. The molecule has 0 atom stereocenters. The molecule has 1 saturated heterocycles. The molecule has 4 heterocycles. The molecule has 1 aliphatic rings. The van der Waals surface area contributed by atoms with E-state index in [0.717, 1.165) is 34.9 Å². The predicted molar refractivity (Wildman–Crippen MR) is 171 cm³/mol. The average molecular weight is 680 g/mol. The van der Waals surface area contributed by atoms with Crippen molar-refractivity contribution in [3.05, 3.63) is 100 Å². The van der Waals surface area contributed by atoms with Crippen molar-refractivity contribution in [2.45, 2.75) is 19.6 Å². The third-order valence-corrected chi connectivity index (χ3v) is 8.41. The van der Waals surface area contributed by atoms with Crippen LogP contribution >= 0.6 is 15.9 Å². The molecule has 2 N–H and O–H groups in total. The zero-order valence-corrected chi connectivity index (χ0v) is 26.2. The van der Waals surface area contributed by atoms with Crippen molar-refractivity contribution >= 4 is 44.7 Å². The SMILES string of the molecule is Cc1ccc(NC(=O)c2ccc(CN3CCN(C)CC3)c(C(F)(F)F)c2)cc1Nc1nc(-c2cccnc2)cn2c(Br)cnc12. The van der Waals surface area contributed by atoms with Crippen LogP contribution in [0.1, 0.15) is 27.0 Å². The number of nitrogens with zero attached hydrogens (tertiary/aromatic N) is 6. The number of amides is 1. The van der Waals surface area contributed by atoms with Gasteiger partial charge in [-0.25, -0.2) is 9.97 Å². The van der Waals surface area contributed by atoms with E-state index in [1.807, 2.05) is 47.7 Å². The summed E-state index contributed by atoms with van der Waals surface area (Å²) in [5.41, 5.74) is 3.24. The highest BCUT2D eigenvalue weighted by atomic mass is 79.9. The van der Waals surface area contributed by atoms with Crippen LogP contribution in [-0.4, -0.2) is 68.3 Å². The average Bonchev–Trinajstić information content (AvgIpc) is 3.40. The predicted octanol–water partition coefficient (Wildman–Crippen LogP) is 6.62. The summed E-state index contributed by atoms with van der Waals surface area (Å²) in [7, 11) is 1.99. The molecular weight excluding hydrogens is 649 g/mol. The molecule has 0 aliphatic carbocycles. The number of rotatable bonds is 7. The van der Waals surface area contributed by atoms with E-state index in [0.29, 0.717) is 41.6 Å². The van der Waals surface area contributed by atoms with Gasteiger partial charge in [0.1, 0.15) is 4.60 Å². The summed E-state index contributed by atoms with van der Waals surface area (Å²) in [6.07, 6.45) is 2.33. The van der Waals surface area contributed by atoms with Crippen molar-refractivity contribution in [2.24, 2.45) is 0 Å². The molecule has 1 fully saturated rings. The number of carbonyl (C=O) groups is 1. The molecule has 1 amide bonds. The van der Waals surface area contributed by atoms with E-state index in [1.165, 1.54) is 12.1 Å². The Hall–Kier alpha value is -4.33. The number of aryl methyl sites for hydroxylation is 1. The van der Waals surface area contributed by atoms with Crippen LogP contribution in [0.25, 0.3) is 16.9 Å². The van der Waals surface area contributed by atoms with Crippen LogP contribution in [0.4, 0.5) is 30.4 Å². The molecule has 6 rings (SSSR count). The van der Waals surface area contributed by atoms with E-state index in [9.17, 15) is 18.0 Å². The second kappa shape index (κ2) is 12.6. The highest BCUT2D eigenvalue weighted by molar-refractivity contribution is 9.10. The van der Waals surface area contributed by atoms with Crippen molar-refractivity contribution in [2.75, 3.05) is 43.9 Å². The molecule has 45 heavy (non-hydrogen) atoms. The van der Waals surface area contributed by atoms with E-state index in [-0.39, 0.29) is 17.7 Å². The van der Waals surface area contributed by atoms with Crippen LogP contribution in [0.3, 0.4) is 0 Å². The van der Waals surface area contributed by atoms with Gasteiger partial charge in [-0.1, -0.05) is 12.1 Å². The molecule has 3 aromatic heterocycles. The Morgan fingerprint density at radius 2 is 1.84 bits per heavy atom. The number of anilines is 3. The first-order chi connectivity index (χ1) is 21.5. The lowest BCUT2D eigenvalue weighted by Gasteiger charge is -2.33. The van der Waals surface area contributed by atoms with Gasteiger partial charge in [0.25, 0.3) is 5.91 Å². The van der Waals surface area contributed by atoms with Gasteiger partial charge in [0, 0.05) is 73.8 Å². The van der Waals surface area contributed by atoms with E-state index >= 15 is 0 Å². The summed E-state index contributed by atoms with van der Waals surface area (Å²) in [5.74, 6) is -0.169. The van der Waals surface area contributed by atoms with Gasteiger partial charge >= 0.3 is 6.18 Å². The van der Waals surface area contributed by atoms with Crippen LogP contribution in [0.5, 0.6) is 0 Å². The van der Waals surface area contributed by atoms with Gasteiger partial charge in [0.05, 0.1) is 17.5 Å². The largest absolute Gasteiger partial charge is 0.416 e. The fourth-order valence-electron chi connectivity index (χ4n) is 5.23. The number of hydrogen-bond donors (Lipinski definition) is 2. The third kappa shape index (κ3) is 6.85. The minimum atomic E-state index is -4.59. The van der Waals surface area contributed by atoms with Gasteiger partial charge in [0.2, 0.25) is 0 Å². The number of halogens is 4. The number of hydrogen-bond acceptors (Lipinski definition) is 7. The minimum Gasteiger partial charge on any atom is -0.337 e. The number of imidazole rings is 1. The first-order valence-corrected chi connectivity index (χ1v) is 15.1. The van der Waals surface area contributed by atoms with Crippen molar-refractivity contribution in [1.82, 2.24) is 29.2 Å². The number of aromatic nitrogens is 4. The van der Waals surface area contributed by atoms with Gasteiger partial charge in [-0.2, -0.15) is 13.2 Å². The normalized spacial score (nSPS) is 14.5. The Kier molecular flexibility index (Phi) is 8.58. The smallest absolute Gasteiger partial charge is 0.337 e. The van der Waals surface area contributed by atoms with E-state index < -0.39 is 17.6 Å². The maximum atomic E-state index is 14.1. The molecule has 9 nitrogen and oxygen atoms in total. The number of fused-ring (bicyclic) bond motifs is 1. The summed E-state index contributed by atoms with van der Waals surface area (Å²) >= 11 is 3.52. The monoisotopic (exact) mass is 678 g/mol. The Morgan fingerprint density at radius 1 is 1.04 bits per heavy atom. The van der Waals surface area contributed by atoms with Crippen molar-refractivity contribution in [1.29, 1.82) is 0 Å². The zero-order valence-electron chi connectivity index (χ0n) is 24.6. The van der Waals surface area contributed by atoms with Gasteiger partial charge in [-0.15, -0.1) is 0 Å². The number of benzene rings is 2. The number of likely N-dealkylation sites (N-methyl/N-ethyl adjacent to an activating group) is 1. The molecular formula is C32H30BrF3N8O. The quantitative estimate of drug-likeness (QED) is 0.200. The minimum absolute atomic E-state index is 0.0747. The Balaban J connectivity index is 1.25. The Labute approximate surface area is 266 Å². The number of piperazine rings is 1. The van der Waals surface area contributed by atoms with Crippen LogP contribution in [0.15, 0.2) is 77.9 Å². The first-order valence-electron chi connectivity index (χ1n) is 14.3. The Bertz CT molecular complexity index is 1850. The fraction of sp³-hybridized carbons (Fsp3) is 0.250. The number of alkyl halides is 3. The molecule has 5 aromatic rings. The molecule has 13 heteroatoms. The highest BCUT2D eigenvalue weighted by Gasteiger charge is 2.34. The van der Waals surface area contributed by atoms with Crippen molar-refractivity contribution in [3.63, 3.8) is 0 Å². The van der Waals surface area contributed by atoms with Gasteiger partial charge in [0.15, 0.2) is 11.5 Å². The van der Waals surface area contributed by atoms with Crippen LogP contribution in [0.2, 0.25) is 0 Å². The maximum absolute atomic E-state index is 14.1. The second-order valence-corrected chi connectivity index (χ2v) is 11.9. The molecule has 232 valence electrons. The molecule has 0 saturated carbocycles. The summed E-state index contributed by atoms with van der Waals surface area (Å²) in [4.78, 5) is 30.8. The lowest BCUT2D eigenvalue weighted by atomic mass is 10.0. The molecule has 0 unspecified atom stereocenters. The lowest BCUT2D eigenvalue weighted by Crippen LogP contribution is -2.44. The molecule has 0 radical (unpaired) electrons. The van der Waals surface area contributed by atoms with E-state index in [4.69, 9.17) is 4.98 Å². The number of nitrogens with one attached hydrogen (secondary N) is 2. The summed E-state index contributed by atoms with van der Waals surface area (Å²) in [6.45, 7) is 5.04. The first kappa shape index (κ1) is 30.7. The van der Waals surface area contributed by atoms with Crippen LogP contribution in [0, 0.1) is 6.92 Å². The second-order valence-electron chi connectivity index (χ2n) is 11.0. The van der Waals surface area contributed by atoms with Crippen molar-refractivity contribution < 1.29 is 18.0 Å². The van der Waals surface area contributed by atoms with E-state index in [2.05, 4.69) is 41.4 Å². The molecule has 0 bridgehead atoms. The van der Waals surface area contributed by atoms with Gasteiger partial charge in [-0.3, -0.25) is 19.1 Å². The fourth-order valence-corrected chi connectivity index (χ4v) is 5.60. The number of carbonyl (C=O) groups excluding carboxylic acids is 1. The summed E-state index contributed by atoms with van der Waals surface area (Å²) in [5, 5.41) is 6.08. The van der Waals surface area contributed by atoms with Crippen LogP contribution in [-0.2, 0) is 12.7 Å². The zero-order chi connectivity index (χ0) is 31.7. The highest BCUT2D eigenvalue weighted by Crippen LogP contribution is 2.34. The van der Waals surface area contributed by atoms with Gasteiger partial charge in [-0.05, 0) is 77.4 Å². The molecule has 0 spiro atoms. The van der Waals surface area contributed by atoms with Crippen molar-refractivity contribution in [3.8, 4) is 11.3 Å².